The van der Waals surface area contributed by atoms with Crippen molar-refractivity contribution in [3.05, 3.63) is 35.9 Å². The average molecular weight is 261 g/mol. The summed E-state index contributed by atoms with van der Waals surface area (Å²) in [5, 5.41) is 0. The summed E-state index contributed by atoms with van der Waals surface area (Å²) in [4.78, 5) is 16.1. The molecular formula is C15H23N3O. The minimum Gasteiger partial charge on any atom is -0.338 e. The molecule has 1 heterocycles. The van der Waals surface area contributed by atoms with E-state index in [1.54, 1.807) is 0 Å². The van der Waals surface area contributed by atoms with Crippen LogP contribution >= 0.6 is 0 Å². The predicted octanol–water partition coefficient (Wildman–Crippen LogP) is 1.07. The van der Waals surface area contributed by atoms with E-state index in [-0.39, 0.29) is 12.5 Å². The lowest BCUT2D eigenvalue weighted by Crippen LogP contribution is -2.44. The van der Waals surface area contributed by atoms with Crippen LogP contribution in [0.3, 0.4) is 0 Å². The molecule has 1 amide bonds. The van der Waals surface area contributed by atoms with E-state index in [1.807, 2.05) is 17.9 Å². The van der Waals surface area contributed by atoms with Crippen LogP contribution in [0.5, 0.6) is 0 Å². The topological polar surface area (TPSA) is 49.6 Å². The van der Waals surface area contributed by atoms with E-state index in [4.69, 9.17) is 5.73 Å². The van der Waals surface area contributed by atoms with Crippen molar-refractivity contribution in [2.45, 2.75) is 25.9 Å². The second kappa shape index (κ2) is 6.68. The van der Waals surface area contributed by atoms with Crippen LogP contribution in [-0.2, 0) is 11.3 Å². The Morgan fingerprint density at radius 1 is 1.42 bits per heavy atom. The van der Waals surface area contributed by atoms with Crippen molar-refractivity contribution in [2.24, 2.45) is 5.73 Å². The smallest absolute Gasteiger partial charge is 0.236 e. The monoisotopic (exact) mass is 261 g/mol. The Bertz CT molecular complexity index is 407. The summed E-state index contributed by atoms with van der Waals surface area (Å²) < 4.78 is 0. The predicted molar refractivity (Wildman–Crippen MR) is 76.6 cm³/mol. The Morgan fingerprint density at radius 2 is 2.16 bits per heavy atom. The normalized spacial score (nSPS) is 19.6. The summed E-state index contributed by atoms with van der Waals surface area (Å²) >= 11 is 0. The van der Waals surface area contributed by atoms with Crippen LogP contribution in [-0.4, -0.2) is 47.9 Å². The number of hydrogen-bond acceptors (Lipinski definition) is 3. The Hall–Kier alpha value is -1.39. The summed E-state index contributed by atoms with van der Waals surface area (Å²) in [5.41, 5.74) is 6.80. The van der Waals surface area contributed by atoms with Crippen LogP contribution in [0.2, 0.25) is 0 Å². The van der Waals surface area contributed by atoms with Gasteiger partial charge in [0.25, 0.3) is 0 Å². The molecule has 1 aliphatic heterocycles. The first-order chi connectivity index (χ1) is 9.24. The van der Waals surface area contributed by atoms with Crippen LogP contribution in [0, 0.1) is 0 Å². The van der Waals surface area contributed by atoms with E-state index in [2.05, 4.69) is 29.2 Å². The molecule has 0 aliphatic carbocycles. The summed E-state index contributed by atoms with van der Waals surface area (Å²) in [5.74, 6) is 0.0639. The number of carbonyl (C=O) groups is 1. The molecule has 1 aromatic carbocycles. The maximum Gasteiger partial charge on any atom is 0.236 e. The van der Waals surface area contributed by atoms with Gasteiger partial charge in [-0.1, -0.05) is 30.3 Å². The Labute approximate surface area is 115 Å². The van der Waals surface area contributed by atoms with E-state index in [0.717, 1.165) is 32.6 Å². The molecule has 0 saturated carbocycles. The summed E-state index contributed by atoms with van der Waals surface area (Å²) in [7, 11) is 0. The van der Waals surface area contributed by atoms with Gasteiger partial charge in [0.2, 0.25) is 5.91 Å². The quantitative estimate of drug-likeness (QED) is 0.862. The fourth-order valence-corrected chi connectivity index (χ4v) is 2.81. The lowest BCUT2D eigenvalue weighted by molar-refractivity contribution is -0.131. The van der Waals surface area contributed by atoms with Gasteiger partial charge in [0.05, 0.1) is 6.54 Å². The summed E-state index contributed by atoms with van der Waals surface area (Å²) in [6.07, 6.45) is 1.05. The highest BCUT2D eigenvalue weighted by molar-refractivity contribution is 5.78. The zero-order valence-corrected chi connectivity index (χ0v) is 11.6. The maximum absolute atomic E-state index is 11.8. The van der Waals surface area contributed by atoms with Crippen LogP contribution in [0.4, 0.5) is 0 Å². The highest BCUT2D eigenvalue weighted by Gasteiger charge is 2.28. The molecule has 1 atom stereocenters. The summed E-state index contributed by atoms with van der Waals surface area (Å²) in [6.45, 7) is 5.85. The Kier molecular flexibility index (Phi) is 4.93. The van der Waals surface area contributed by atoms with Crippen molar-refractivity contribution in [3.8, 4) is 0 Å². The minimum atomic E-state index is 0.0639. The van der Waals surface area contributed by atoms with Gasteiger partial charge in [-0.05, 0) is 18.9 Å². The number of rotatable bonds is 5. The van der Waals surface area contributed by atoms with Crippen molar-refractivity contribution in [2.75, 3.05) is 26.2 Å². The van der Waals surface area contributed by atoms with Gasteiger partial charge < -0.3 is 10.6 Å². The van der Waals surface area contributed by atoms with E-state index in [0.29, 0.717) is 6.04 Å². The van der Waals surface area contributed by atoms with Crippen molar-refractivity contribution < 1.29 is 4.79 Å². The zero-order valence-electron chi connectivity index (χ0n) is 11.6. The largest absolute Gasteiger partial charge is 0.338 e. The number of likely N-dealkylation sites (N-methyl/N-ethyl adjacent to an activating group) is 1. The molecule has 1 aliphatic rings. The number of benzene rings is 1. The highest BCUT2D eigenvalue weighted by Crippen LogP contribution is 2.18. The lowest BCUT2D eigenvalue weighted by atomic mass is 10.2. The first-order valence-corrected chi connectivity index (χ1v) is 7.00. The highest BCUT2D eigenvalue weighted by atomic mass is 16.2. The van der Waals surface area contributed by atoms with E-state index in [1.165, 1.54) is 5.56 Å². The molecule has 2 rings (SSSR count). The third kappa shape index (κ3) is 3.55. The second-order valence-electron chi connectivity index (χ2n) is 5.05. The molecule has 4 heteroatoms. The average Bonchev–Trinajstić information content (AvgIpc) is 2.89. The van der Waals surface area contributed by atoms with Crippen molar-refractivity contribution >= 4 is 5.91 Å². The fraction of sp³-hybridized carbons (Fsp3) is 0.533. The molecule has 1 aromatic rings. The SMILES string of the molecule is CCN(C(=O)CN)[C@@H]1CCN(Cc2ccccc2)C1. The van der Waals surface area contributed by atoms with Gasteiger partial charge in [-0.25, -0.2) is 0 Å². The van der Waals surface area contributed by atoms with Gasteiger partial charge in [-0.2, -0.15) is 0 Å². The molecule has 0 radical (unpaired) electrons. The first kappa shape index (κ1) is 14.0. The molecular weight excluding hydrogens is 238 g/mol. The molecule has 0 aromatic heterocycles. The third-order valence-corrected chi connectivity index (χ3v) is 3.77. The number of carbonyl (C=O) groups excluding carboxylic acids is 1. The lowest BCUT2D eigenvalue weighted by Gasteiger charge is -2.27. The Balaban J connectivity index is 1.90. The van der Waals surface area contributed by atoms with Crippen molar-refractivity contribution in [1.82, 2.24) is 9.80 Å². The van der Waals surface area contributed by atoms with E-state index in [9.17, 15) is 4.79 Å². The van der Waals surface area contributed by atoms with Gasteiger partial charge in [0, 0.05) is 32.2 Å². The number of amides is 1. The molecule has 0 bridgehead atoms. The summed E-state index contributed by atoms with van der Waals surface area (Å²) in [6, 6.07) is 10.8. The Morgan fingerprint density at radius 3 is 2.79 bits per heavy atom. The third-order valence-electron chi connectivity index (χ3n) is 3.77. The molecule has 1 saturated heterocycles. The van der Waals surface area contributed by atoms with Gasteiger partial charge in [-0.3, -0.25) is 9.69 Å². The zero-order chi connectivity index (χ0) is 13.7. The first-order valence-electron chi connectivity index (χ1n) is 7.00. The van der Waals surface area contributed by atoms with Crippen LogP contribution in [0.25, 0.3) is 0 Å². The maximum atomic E-state index is 11.8. The standard InChI is InChI=1S/C15H23N3O/c1-2-18(15(19)10-16)14-8-9-17(12-14)11-13-6-4-3-5-7-13/h3-7,14H,2,8-12,16H2,1H3/t14-/m1/s1. The van der Waals surface area contributed by atoms with Gasteiger partial charge in [0.15, 0.2) is 0 Å². The molecule has 4 nitrogen and oxygen atoms in total. The minimum absolute atomic E-state index is 0.0639. The fourth-order valence-electron chi connectivity index (χ4n) is 2.81. The van der Waals surface area contributed by atoms with Gasteiger partial charge >= 0.3 is 0 Å². The number of nitrogens with zero attached hydrogens (tertiary/aromatic N) is 2. The molecule has 1 fully saturated rings. The molecule has 0 unspecified atom stereocenters. The second-order valence-corrected chi connectivity index (χ2v) is 5.05. The van der Waals surface area contributed by atoms with Gasteiger partial charge in [0.1, 0.15) is 0 Å². The van der Waals surface area contributed by atoms with Gasteiger partial charge in [-0.15, -0.1) is 0 Å². The molecule has 0 spiro atoms. The van der Waals surface area contributed by atoms with E-state index >= 15 is 0 Å². The number of likely N-dealkylation sites (tertiary alicyclic amines) is 1. The van der Waals surface area contributed by atoms with Crippen LogP contribution in [0.15, 0.2) is 30.3 Å². The number of hydrogen-bond donors (Lipinski definition) is 1. The number of nitrogens with two attached hydrogens (primary N) is 1. The molecule has 19 heavy (non-hydrogen) atoms. The van der Waals surface area contributed by atoms with Crippen molar-refractivity contribution in [3.63, 3.8) is 0 Å². The van der Waals surface area contributed by atoms with Crippen molar-refractivity contribution in [1.29, 1.82) is 0 Å². The molecule has 104 valence electrons. The van der Waals surface area contributed by atoms with Crippen LogP contribution < -0.4 is 5.73 Å². The molecule has 2 N–H and O–H groups in total. The van der Waals surface area contributed by atoms with Crippen LogP contribution in [0.1, 0.15) is 18.9 Å². The van der Waals surface area contributed by atoms with E-state index < -0.39 is 0 Å².